The minimum Gasteiger partial charge on any atom is -0.486 e. The van der Waals surface area contributed by atoms with Crippen molar-refractivity contribution in [1.82, 2.24) is 4.31 Å². The van der Waals surface area contributed by atoms with Crippen LogP contribution >= 0.6 is 0 Å². The number of amides is 1. The zero-order valence-electron chi connectivity index (χ0n) is 21.3. The molecule has 1 aliphatic rings. The van der Waals surface area contributed by atoms with E-state index >= 15 is 0 Å². The maximum absolute atomic E-state index is 13.7. The smallest absolute Gasteiger partial charge is 0.264 e. The molecule has 13 heteroatoms. The summed E-state index contributed by atoms with van der Waals surface area (Å²) in [6, 6.07) is 14.4. The molecule has 39 heavy (non-hydrogen) atoms. The third kappa shape index (κ3) is 6.15. The van der Waals surface area contributed by atoms with Gasteiger partial charge in [0, 0.05) is 24.8 Å². The molecular formula is C26H28FN3O7S2. The van der Waals surface area contributed by atoms with E-state index in [-0.39, 0.29) is 33.5 Å². The van der Waals surface area contributed by atoms with Crippen LogP contribution in [0.3, 0.4) is 0 Å². The molecule has 3 aromatic rings. The van der Waals surface area contributed by atoms with Crippen LogP contribution in [0.4, 0.5) is 15.8 Å². The summed E-state index contributed by atoms with van der Waals surface area (Å²) in [4.78, 5) is 12.9. The minimum atomic E-state index is -4.30. The van der Waals surface area contributed by atoms with Gasteiger partial charge in [-0.15, -0.1) is 0 Å². The summed E-state index contributed by atoms with van der Waals surface area (Å²) in [6.07, 6.45) is 0. The van der Waals surface area contributed by atoms with E-state index < -0.39 is 38.3 Å². The third-order valence-corrected chi connectivity index (χ3v) is 9.82. The number of anilines is 2. The fourth-order valence-electron chi connectivity index (χ4n) is 3.99. The average Bonchev–Trinajstić information content (AvgIpc) is 2.93. The van der Waals surface area contributed by atoms with Crippen LogP contribution in [0.25, 0.3) is 0 Å². The van der Waals surface area contributed by atoms with E-state index in [4.69, 9.17) is 9.47 Å². The normalized spacial score (nSPS) is 13.2. The summed E-state index contributed by atoms with van der Waals surface area (Å²) in [5.41, 5.74) is 0.344. The number of benzene rings is 3. The second-order valence-corrected chi connectivity index (χ2v) is 12.3. The van der Waals surface area contributed by atoms with Crippen molar-refractivity contribution in [2.75, 3.05) is 42.5 Å². The number of fused-ring (bicyclic) bond motifs is 1. The van der Waals surface area contributed by atoms with Crippen molar-refractivity contribution in [3.05, 3.63) is 72.5 Å². The van der Waals surface area contributed by atoms with Crippen molar-refractivity contribution in [2.45, 2.75) is 23.6 Å². The van der Waals surface area contributed by atoms with Crippen LogP contribution in [0.1, 0.15) is 13.8 Å². The highest BCUT2D eigenvalue weighted by molar-refractivity contribution is 7.92. The second-order valence-electron chi connectivity index (χ2n) is 8.46. The molecule has 208 valence electrons. The van der Waals surface area contributed by atoms with Crippen LogP contribution in [0.5, 0.6) is 11.5 Å². The van der Waals surface area contributed by atoms with E-state index in [0.717, 1.165) is 16.4 Å². The number of nitrogens with zero attached hydrogens (tertiary/aromatic N) is 2. The number of sulfonamides is 2. The highest BCUT2D eigenvalue weighted by atomic mass is 32.2. The van der Waals surface area contributed by atoms with Crippen molar-refractivity contribution in [1.29, 1.82) is 0 Å². The summed E-state index contributed by atoms with van der Waals surface area (Å²) in [7, 11) is -7.98. The Labute approximate surface area is 227 Å². The Morgan fingerprint density at radius 2 is 1.41 bits per heavy atom. The molecule has 0 aliphatic carbocycles. The van der Waals surface area contributed by atoms with Crippen LogP contribution in [-0.2, 0) is 24.8 Å². The Kier molecular flexibility index (Phi) is 8.42. The Bertz CT molecular complexity index is 1540. The van der Waals surface area contributed by atoms with Gasteiger partial charge in [0.2, 0.25) is 15.9 Å². The van der Waals surface area contributed by atoms with E-state index in [0.29, 0.717) is 25.4 Å². The number of hydrogen-bond donors (Lipinski definition) is 1. The number of nitrogens with one attached hydrogen (secondary N) is 1. The lowest BCUT2D eigenvalue weighted by Crippen LogP contribution is -2.38. The molecule has 0 spiro atoms. The zero-order valence-corrected chi connectivity index (χ0v) is 23.0. The number of rotatable bonds is 10. The molecule has 0 saturated heterocycles. The lowest BCUT2D eigenvalue weighted by atomic mass is 10.3. The molecule has 10 nitrogen and oxygen atoms in total. The molecule has 1 amide bonds. The number of ether oxygens (including phenoxy) is 2. The topological polar surface area (TPSA) is 122 Å². The van der Waals surface area contributed by atoms with Gasteiger partial charge in [-0.1, -0.05) is 13.8 Å². The molecule has 0 fully saturated rings. The molecule has 0 aromatic heterocycles. The van der Waals surface area contributed by atoms with Gasteiger partial charge in [-0.3, -0.25) is 9.10 Å². The summed E-state index contributed by atoms with van der Waals surface area (Å²) in [5, 5.41) is 2.59. The Morgan fingerprint density at radius 3 is 2.03 bits per heavy atom. The molecule has 0 atom stereocenters. The number of carbonyl (C=O) groups excluding carboxylic acids is 1. The second kappa shape index (κ2) is 11.6. The highest BCUT2D eigenvalue weighted by Gasteiger charge is 2.29. The van der Waals surface area contributed by atoms with E-state index in [2.05, 4.69) is 5.32 Å². The SMILES string of the molecule is CCN(CC)S(=O)(=O)c1ccc(NC(=O)CN(c2ccc(F)cc2)S(=O)(=O)c2ccc3c(c2)OCCO3)cc1. The van der Waals surface area contributed by atoms with Gasteiger partial charge < -0.3 is 14.8 Å². The molecule has 0 saturated carbocycles. The monoisotopic (exact) mass is 577 g/mol. The Hall–Kier alpha value is -3.68. The van der Waals surface area contributed by atoms with Gasteiger partial charge in [0.15, 0.2) is 11.5 Å². The van der Waals surface area contributed by atoms with Gasteiger partial charge >= 0.3 is 0 Å². The van der Waals surface area contributed by atoms with Crippen molar-refractivity contribution in [2.24, 2.45) is 0 Å². The predicted molar refractivity (Wildman–Crippen MR) is 144 cm³/mol. The summed E-state index contributed by atoms with van der Waals surface area (Å²) in [6.45, 7) is 4.06. The lowest BCUT2D eigenvalue weighted by molar-refractivity contribution is -0.114. The first-order chi connectivity index (χ1) is 18.6. The molecule has 1 N–H and O–H groups in total. The molecule has 1 aliphatic heterocycles. The van der Waals surface area contributed by atoms with Gasteiger partial charge in [0.1, 0.15) is 25.6 Å². The van der Waals surface area contributed by atoms with Crippen molar-refractivity contribution < 1.29 is 35.5 Å². The van der Waals surface area contributed by atoms with E-state index in [1.807, 2.05) is 0 Å². The summed E-state index contributed by atoms with van der Waals surface area (Å²) in [5.74, 6) is -0.609. The van der Waals surface area contributed by atoms with Gasteiger partial charge in [-0.2, -0.15) is 4.31 Å². The Morgan fingerprint density at radius 1 is 0.821 bits per heavy atom. The van der Waals surface area contributed by atoms with Crippen LogP contribution < -0.4 is 19.1 Å². The minimum absolute atomic E-state index is 0.0679. The van der Waals surface area contributed by atoms with Gasteiger partial charge in [0.25, 0.3) is 10.0 Å². The molecular weight excluding hydrogens is 549 g/mol. The van der Waals surface area contributed by atoms with Crippen molar-refractivity contribution >= 4 is 37.3 Å². The quantitative estimate of drug-likeness (QED) is 0.392. The number of halogens is 1. The maximum atomic E-state index is 13.7. The van der Waals surface area contributed by atoms with Gasteiger partial charge in [0.05, 0.1) is 15.5 Å². The van der Waals surface area contributed by atoms with Crippen LogP contribution in [0.2, 0.25) is 0 Å². The highest BCUT2D eigenvalue weighted by Crippen LogP contribution is 2.34. The predicted octanol–water partition coefficient (Wildman–Crippen LogP) is 3.46. The Balaban J connectivity index is 1.59. The van der Waals surface area contributed by atoms with E-state index in [1.54, 1.807) is 13.8 Å². The van der Waals surface area contributed by atoms with Crippen LogP contribution in [-0.4, -0.2) is 59.9 Å². The average molecular weight is 578 g/mol. The van der Waals surface area contributed by atoms with E-state index in [1.165, 1.54) is 58.9 Å². The standard InChI is InChI=1S/C26H28FN3O7S2/c1-3-29(4-2)38(32,33)22-11-7-20(8-12-22)28-26(31)18-30(21-9-5-19(27)6-10-21)39(34,35)23-13-14-24-25(17-23)37-16-15-36-24/h5-14,17H,3-4,15-16,18H2,1-2H3,(H,28,31). The number of hydrogen-bond acceptors (Lipinski definition) is 7. The molecule has 4 rings (SSSR count). The first-order valence-electron chi connectivity index (χ1n) is 12.1. The van der Waals surface area contributed by atoms with Crippen LogP contribution in [0, 0.1) is 5.82 Å². The molecule has 0 bridgehead atoms. The first kappa shape index (κ1) is 28.3. The van der Waals surface area contributed by atoms with Crippen molar-refractivity contribution in [3.63, 3.8) is 0 Å². The van der Waals surface area contributed by atoms with Crippen LogP contribution in [0.15, 0.2) is 76.5 Å². The van der Waals surface area contributed by atoms with Gasteiger partial charge in [-0.25, -0.2) is 21.2 Å². The van der Waals surface area contributed by atoms with Crippen molar-refractivity contribution in [3.8, 4) is 11.5 Å². The molecule has 1 heterocycles. The maximum Gasteiger partial charge on any atom is 0.264 e. The molecule has 0 unspecified atom stereocenters. The molecule has 0 radical (unpaired) electrons. The summed E-state index contributed by atoms with van der Waals surface area (Å²) >= 11 is 0. The van der Waals surface area contributed by atoms with E-state index in [9.17, 15) is 26.0 Å². The fourth-order valence-corrected chi connectivity index (χ4v) is 6.88. The fraction of sp³-hybridized carbons (Fsp3) is 0.269. The number of carbonyl (C=O) groups is 1. The summed E-state index contributed by atoms with van der Waals surface area (Å²) < 4.78 is 79.4. The van der Waals surface area contributed by atoms with Gasteiger partial charge in [-0.05, 0) is 60.7 Å². The third-order valence-electron chi connectivity index (χ3n) is 5.98. The zero-order chi connectivity index (χ0) is 28.2. The molecule has 3 aromatic carbocycles. The lowest BCUT2D eigenvalue weighted by Gasteiger charge is -2.25. The first-order valence-corrected chi connectivity index (χ1v) is 15.0. The largest absolute Gasteiger partial charge is 0.486 e.